The monoisotopic (exact) mass is 182 g/mol. The molecule has 1 heterocycles. The number of ether oxygens (including phenoxy) is 1. The fourth-order valence-electron chi connectivity index (χ4n) is 2.29. The van der Waals surface area contributed by atoms with Crippen molar-refractivity contribution >= 4 is 0 Å². The van der Waals surface area contributed by atoms with Gasteiger partial charge in [0.05, 0.1) is 5.60 Å². The second kappa shape index (κ2) is 3.81. The van der Waals surface area contributed by atoms with Crippen LogP contribution in [0.15, 0.2) is 11.6 Å². The van der Waals surface area contributed by atoms with E-state index in [1.807, 2.05) is 0 Å². The third-order valence-electron chi connectivity index (χ3n) is 3.21. The van der Waals surface area contributed by atoms with Gasteiger partial charge in [0.25, 0.3) is 0 Å². The minimum absolute atomic E-state index is 0.515. The number of hydrogen-bond acceptors (Lipinski definition) is 2. The van der Waals surface area contributed by atoms with Crippen molar-refractivity contribution in [2.75, 3.05) is 13.2 Å². The van der Waals surface area contributed by atoms with Gasteiger partial charge in [-0.1, -0.05) is 6.08 Å². The van der Waals surface area contributed by atoms with E-state index in [0.717, 1.165) is 25.7 Å². The van der Waals surface area contributed by atoms with Crippen molar-refractivity contribution in [1.82, 2.24) is 0 Å². The number of allylic oxidation sites excluding steroid dienone is 1. The second-order valence-electron chi connectivity index (χ2n) is 4.12. The Labute approximate surface area is 79.6 Å². The van der Waals surface area contributed by atoms with Gasteiger partial charge in [-0.2, -0.15) is 0 Å². The second-order valence-corrected chi connectivity index (χ2v) is 4.12. The Balaban J connectivity index is 2.07. The largest absolute Gasteiger partial charge is 0.385 e. The lowest BCUT2D eigenvalue weighted by Crippen LogP contribution is -2.38. The molecule has 0 radical (unpaired) electrons. The van der Waals surface area contributed by atoms with Crippen molar-refractivity contribution < 1.29 is 9.84 Å². The topological polar surface area (TPSA) is 29.5 Å². The molecule has 1 saturated heterocycles. The lowest BCUT2D eigenvalue weighted by Gasteiger charge is -2.35. The van der Waals surface area contributed by atoms with Gasteiger partial charge < -0.3 is 9.84 Å². The SMILES string of the molecule is OC1(C2=CCCCC2)CCOCC1. The first kappa shape index (κ1) is 9.22. The third-order valence-corrected chi connectivity index (χ3v) is 3.21. The predicted molar refractivity (Wildman–Crippen MR) is 51.6 cm³/mol. The van der Waals surface area contributed by atoms with Crippen molar-refractivity contribution in [1.29, 1.82) is 0 Å². The first-order chi connectivity index (χ1) is 6.31. The van der Waals surface area contributed by atoms with Gasteiger partial charge in [0.2, 0.25) is 0 Å². The summed E-state index contributed by atoms with van der Waals surface area (Å²) in [5, 5.41) is 10.3. The van der Waals surface area contributed by atoms with Crippen LogP contribution in [0.2, 0.25) is 0 Å². The lowest BCUT2D eigenvalue weighted by atomic mass is 9.80. The van der Waals surface area contributed by atoms with Crippen LogP contribution in [-0.2, 0) is 4.74 Å². The molecule has 1 N–H and O–H groups in total. The smallest absolute Gasteiger partial charge is 0.0900 e. The highest BCUT2D eigenvalue weighted by molar-refractivity contribution is 5.19. The molecule has 1 aliphatic carbocycles. The fourth-order valence-corrected chi connectivity index (χ4v) is 2.29. The lowest BCUT2D eigenvalue weighted by molar-refractivity contribution is -0.0419. The van der Waals surface area contributed by atoms with Gasteiger partial charge in [0, 0.05) is 26.1 Å². The molecule has 2 rings (SSSR count). The van der Waals surface area contributed by atoms with Crippen molar-refractivity contribution in [3.63, 3.8) is 0 Å². The number of aliphatic hydroxyl groups is 1. The zero-order valence-corrected chi connectivity index (χ0v) is 8.09. The van der Waals surface area contributed by atoms with Crippen LogP contribution in [-0.4, -0.2) is 23.9 Å². The molecule has 0 bridgehead atoms. The van der Waals surface area contributed by atoms with E-state index in [9.17, 15) is 5.11 Å². The Morgan fingerprint density at radius 3 is 2.62 bits per heavy atom. The van der Waals surface area contributed by atoms with E-state index in [4.69, 9.17) is 4.74 Å². The summed E-state index contributed by atoms with van der Waals surface area (Å²) in [5.41, 5.74) is 0.764. The zero-order valence-electron chi connectivity index (χ0n) is 8.09. The number of hydrogen-bond donors (Lipinski definition) is 1. The average molecular weight is 182 g/mol. The van der Waals surface area contributed by atoms with Crippen LogP contribution < -0.4 is 0 Å². The van der Waals surface area contributed by atoms with Gasteiger partial charge in [-0.25, -0.2) is 0 Å². The summed E-state index contributed by atoms with van der Waals surface area (Å²) in [4.78, 5) is 0. The van der Waals surface area contributed by atoms with E-state index >= 15 is 0 Å². The summed E-state index contributed by atoms with van der Waals surface area (Å²) in [6.45, 7) is 1.43. The van der Waals surface area contributed by atoms with Gasteiger partial charge in [-0.05, 0) is 31.3 Å². The van der Waals surface area contributed by atoms with Gasteiger partial charge in [-0.3, -0.25) is 0 Å². The van der Waals surface area contributed by atoms with Crippen molar-refractivity contribution in [2.24, 2.45) is 0 Å². The highest BCUT2D eigenvalue weighted by Gasteiger charge is 2.33. The molecule has 1 fully saturated rings. The molecule has 2 aliphatic rings. The van der Waals surface area contributed by atoms with Crippen LogP contribution >= 0.6 is 0 Å². The molecule has 0 unspecified atom stereocenters. The minimum Gasteiger partial charge on any atom is -0.385 e. The molecular weight excluding hydrogens is 164 g/mol. The van der Waals surface area contributed by atoms with E-state index in [2.05, 4.69) is 6.08 Å². The van der Waals surface area contributed by atoms with Crippen LogP contribution in [0.3, 0.4) is 0 Å². The van der Waals surface area contributed by atoms with Crippen LogP contribution in [0, 0.1) is 0 Å². The Morgan fingerprint density at radius 1 is 1.23 bits per heavy atom. The molecule has 0 atom stereocenters. The summed E-state index contributed by atoms with van der Waals surface area (Å²) >= 11 is 0. The minimum atomic E-state index is -0.515. The maximum absolute atomic E-state index is 10.3. The molecule has 2 nitrogen and oxygen atoms in total. The first-order valence-corrected chi connectivity index (χ1v) is 5.31. The Kier molecular flexibility index (Phi) is 2.70. The van der Waals surface area contributed by atoms with Gasteiger partial charge in [0.1, 0.15) is 0 Å². The van der Waals surface area contributed by atoms with Crippen LogP contribution in [0.25, 0.3) is 0 Å². The van der Waals surface area contributed by atoms with E-state index in [1.165, 1.54) is 18.4 Å². The van der Waals surface area contributed by atoms with E-state index in [0.29, 0.717) is 13.2 Å². The van der Waals surface area contributed by atoms with Crippen LogP contribution in [0.5, 0.6) is 0 Å². The molecule has 0 amide bonds. The normalized spacial score (nSPS) is 28.2. The standard InChI is InChI=1S/C11H18O2/c12-11(6-8-13-9-7-11)10-4-2-1-3-5-10/h4,12H,1-3,5-9H2. The van der Waals surface area contributed by atoms with Gasteiger partial charge in [-0.15, -0.1) is 0 Å². The Bertz CT molecular complexity index is 202. The summed E-state index contributed by atoms with van der Waals surface area (Å²) in [5.74, 6) is 0. The summed E-state index contributed by atoms with van der Waals surface area (Å²) in [6.07, 6.45) is 8.60. The van der Waals surface area contributed by atoms with Crippen LogP contribution in [0.1, 0.15) is 38.5 Å². The van der Waals surface area contributed by atoms with Gasteiger partial charge >= 0.3 is 0 Å². The summed E-state index contributed by atoms with van der Waals surface area (Å²) < 4.78 is 5.27. The molecule has 0 saturated carbocycles. The molecular formula is C11H18O2. The summed E-state index contributed by atoms with van der Waals surface area (Å²) in [7, 11) is 0. The van der Waals surface area contributed by atoms with E-state index in [1.54, 1.807) is 0 Å². The van der Waals surface area contributed by atoms with E-state index < -0.39 is 5.60 Å². The highest BCUT2D eigenvalue weighted by Crippen LogP contribution is 2.34. The molecule has 0 aromatic rings. The fraction of sp³-hybridized carbons (Fsp3) is 0.818. The molecule has 13 heavy (non-hydrogen) atoms. The van der Waals surface area contributed by atoms with Crippen LogP contribution in [0.4, 0.5) is 0 Å². The maximum Gasteiger partial charge on any atom is 0.0900 e. The third kappa shape index (κ3) is 1.94. The van der Waals surface area contributed by atoms with Gasteiger partial charge in [0.15, 0.2) is 0 Å². The number of rotatable bonds is 1. The molecule has 1 aliphatic heterocycles. The summed E-state index contributed by atoms with van der Waals surface area (Å²) in [6, 6.07) is 0. The highest BCUT2D eigenvalue weighted by atomic mass is 16.5. The van der Waals surface area contributed by atoms with Crippen molar-refractivity contribution in [2.45, 2.75) is 44.1 Å². The molecule has 2 heteroatoms. The van der Waals surface area contributed by atoms with Crippen molar-refractivity contribution in [3.05, 3.63) is 11.6 Å². The molecule has 0 aromatic carbocycles. The van der Waals surface area contributed by atoms with E-state index in [-0.39, 0.29) is 0 Å². The van der Waals surface area contributed by atoms with Crippen molar-refractivity contribution in [3.8, 4) is 0 Å². The average Bonchev–Trinajstić information content (AvgIpc) is 2.20. The Morgan fingerprint density at radius 2 is 2.00 bits per heavy atom. The predicted octanol–water partition coefficient (Wildman–Crippen LogP) is 2.03. The first-order valence-electron chi connectivity index (χ1n) is 5.31. The molecule has 74 valence electrons. The molecule has 0 aromatic heterocycles. The Hall–Kier alpha value is -0.340. The molecule has 0 spiro atoms. The zero-order chi connectivity index (χ0) is 9.15. The quantitative estimate of drug-likeness (QED) is 0.629. The maximum atomic E-state index is 10.3.